The van der Waals surface area contributed by atoms with Crippen molar-refractivity contribution in [3.8, 4) is 0 Å². The van der Waals surface area contributed by atoms with Crippen molar-refractivity contribution in [2.75, 3.05) is 13.1 Å². The molecule has 0 aromatic rings. The largest absolute Gasteiger partial charge is 0.481 e. The number of carbonyl (C=O) groups is 2. The van der Waals surface area contributed by atoms with E-state index < -0.39 is 11.4 Å². The molecule has 0 aromatic carbocycles. The van der Waals surface area contributed by atoms with Crippen molar-refractivity contribution < 1.29 is 14.7 Å². The number of rotatable bonds is 2. The summed E-state index contributed by atoms with van der Waals surface area (Å²) in [6.45, 7) is 7.17. The van der Waals surface area contributed by atoms with Crippen LogP contribution in [0.1, 0.15) is 52.9 Å². The second-order valence-corrected chi connectivity index (χ2v) is 7.45. The van der Waals surface area contributed by atoms with Gasteiger partial charge in [-0.25, -0.2) is 4.79 Å². The number of piperidine rings is 1. The summed E-state index contributed by atoms with van der Waals surface area (Å²) in [4.78, 5) is 25.5. The van der Waals surface area contributed by atoms with Crippen LogP contribution in [0.5, 0.6) is 0 Å². The molecule has 5 nitrogen and oxygen atoms in total. The van der Waals surface area contributed by atoms with Gasteiger partial charge in [-0.2, -0.15) is 0 Å². The zero-order valence-electron chi connectivity index (χ0n) is 13.4. The highest BCUT2D eigenvalue weighted by molar-refractivity contribution is 5.78. The fourth-order valence-electron chi connectivity index (χ4n) is 3.92. The SMILES string of the molecule is CC1CC(C)CC(NC(=O)N2CCCC(C)(C(=O)O)C2)C1. The highest BCUT2D eigenvalue weighted by Gasteiger charge is 2.39. The van der Waals surface area contributed by atoms with E-state index in [0.29, 0.717) is 31.3 Å². The first-order valence-electron chi connectivity index (χ1n) is 8.09. The van der Waals surface area contributed by atoms with Gasteiger partial charge in [0.05, 0.1) is 5.41 Å². The molecule has 2 rings (SSSR count). The minimum atomic E-state index is -0.806. The molecule has 0 aromatic heterocycles. The molecule has 1 saturated carbocycles. The van der Waals surface area contributed by atoms with E-state index in [1.165, 1.54) is 6.42 Å². The van der Waals surface area contributed by atoms with Gasteiger partial charge in [-0.15, -0.1) is 0 Å². The van der Waals surface area contributed by atoms with Crippen LogP contribution >= 0.6 is 0 Å². The number of amides is 2. The number of carboxylic acid groups (broad SMARTS) is 1. The first-order chi connectivity index (χ1) is 9.80. The third kappa shape index (κ3) is 3.89. The van der Waals surface area contributed by atoms with Gasteiger partial charge in [-0.1, -0.05) is 13.8 Å². The molecule has 0 spiro atoms. The molecule has 1 saturated heterocycles. The summed E-state index contributed by atoms with van der Waals surface area (Å²) in [5.74, 6) is 0.481. The first kappa shape index (κ1) is 16.1. The first-order valence-corrected chi connectivity index (χ1v) is 8.09. The number of hydrogen-bond donors (Lipinski definition) is 2. The van der Waals surface area contributed by atoms with Crippen molar-refractivity contribution in [2.45, 2.75) is 58.9 Å². The lowest BCUT2D eigenvalue weighted by molar-refractivity contribution is -0.150. The van der Waals surface area contributed by atoms with Gasteiger partial charge in [0.25, 0.3) is 0 Å². The maximum absolute atomic E-state index is 12.4. The van der Waals surface area contributed by atoms with Gasteiger partial charge in [0.2, 0.25) is 0 Å². The Balaban J connectivity index is 1.92. The molecular formula is C16H28N2O3. The summed E-state index contributed by atoms with van der Waals surface area (Å²) < 4.78 is 0. The maximum atomic E-state index is 12.4. The van der Waals surface area contributed by atoms with Gasteiger partial charge >= 0.3 is 12.0 Å². The average Bonchev–Trinajstić information content (AvgIpc) is 2.37. The summed E-state index contributed by atoms with van der Waals surface area (Å²) in [6.07, 6.45) is 4.69. The molecule has 2 fully saturated rings. The predicted molar refractivity (Wildman–Crippen MR) is 81.0 cm³/mol. The molecule has 0 bridgehead atoms. The normalized spacial score (nSPS) is 37.1. The average molecular weight is 296 g/mol. The van der Waals surface area contributed by atoms with E-state index in [9.17, 15) is 14.7 Å². The van der Waals surface area contributed by atoms with E-state index >= 15 is 0 Å². The standard InChI is InChI=1S/C16H28N2O3/c1-11-7-12(2)9-13(8-11)17-15(21)18-6-4-5-16(3,10-18)14(19)20/h11-13H,4-10H2,1-3H3,(H,17,21)(H,19,20). The van der Waals surface area contributed by atoms with Crippen LogP contribution in [0.2, 0.25) is 0 Å². The van der Waals surface area contributed by atoms with Crippen LogP contribution < -0.4 is 5.32 Å². The quantitative estimate of drug-likeness (QED) is 0.823. The molecule has 21 heavy (non-hydrogen) atoms. The molecule has 3 unspecified atom stereocenters. The van der Waals surface area contributed by atoms with Crippen LogP contribution in [-0.2, 0) is 4.79 Å². The second-order valence-electron chi connectivity index (χ2n) is 7.45. The summed E-state index contributed by atoms with van der Waals surface area (Å²) in [5, 5.41) is 12.4. The monoisotopic (exact) mass is 296 g/mol. The van der Waals surface area contributed by atoms with Crippen LogP contribution in [0.15, 0.2) is 0 Å². The topological polar surface area (TPSA) is 69.6 Å². The van der Waals surface area contributed by atoms with Gasteiger partial charge in [0.1, 0.15) is 0 Å². The zero-order valence-corrected chi connectivity index (χ0v) is 13.4. The van der Waals surface area contributed by atoms with E-state index in [2.05, 4.69) is 19.2 Å². The highest BCUT2D eigenvalue weighted by Crippen LogP contribution is 2.31. The molecule has 0 radical (unpaired) electrons. The van der Waals surface area contributed by atoms with Crippen molar-refractivity contribution in [1.82, 2.24) is 10.2 Å². The summed E-state index contributed by atoms with van der Waals surface area (Å²) >= 11 is 0. The summed E-state index contributed by atoms with van der Waals surface area (Å²) in [7, 11) is 0. The number of aliphatic carboxylic acids is 1. The summed E-state index contributed by atoms with van der Waals surface area (Å²) in [5.41, 5.74) is -0.803. The Kier molecular flexibility index (Phi) is 4.79. The number of carboxylic acids is 1. The van der Waals surface area contributed by atoms with Crippen molar-refractivity contribution in [1.29, 1.82) is 0 Å². The number of hydrogen-bond acceptors (Lipinski definition) is 2. The Morgan fingerprint density at radius 3 is 2.38 bits per heavy atom. The maximum Gasteiger partial charge on any atom is 0.317 e. The highest BCUT2D eigenvalue weighted by atomic mass is 16.4. The van der Waals surface area contributed by atoms with E-state index in [0.717, 1.165) is 19.3 Å². The number of nitrogens with one attached hydrogen (secondary N) is 1. The molecular weight excluding hydrogens is 268 g/mol. The van der Waals surface area contributed by atoms with Gasteiger partial charge in [0, 0.05) is 19.1 Å². The number of urea groups is 1. The van der Waals surface area contributed by atoms with E-state index in [1.807, 2.05) is 0 Å². The minimum absolute atomic E-state index is 0.0894. The van der Waals surface area contributed by atoms with E-state index in [4.69, 9.17) is 0 Å². The summed E-state index contributed by atoms with van der Waals surface area (Å²) in [6, 6.07) is 0.141. The van der Waals surface area contributed by atoms with E-state index in [-0.39, 0.29) is 12.1 Å². The lowest BCUT2D eigenvalue weighted by atomic mass is 9.80. The molecule has 2 aliphatic rings. The predicted octanol–water partition coefficient (Wildman–Crippen LogP) is 2.71. The van der Waals surface area contributed by atoms with Crippen molar-refractivity contribution in [3.63, 3.8) is 0 Å². The van der Waals surface area contributed by atoms with Crippen LogP contribution in [0.3, 0.4) is 0 Å². The van der Waals surface area contributed by atoms with Gasteiger partial charge in [0.15, 0.2) is 0 Å². The van der Waals surface area contributed by atoms with Crippen molar-refractivity contribution in [2.24, 2.45) is 17.3 Å². The van der Waals surface area contributed by atoms with Crippen LogP contribution in [0.4, 0.5) is 4.79 Å². The lowest BCUT2D eigenvalue weighted by Gasteiger charge is -2.39. The molecule has 2 N–H and O–H groups in total. The van der Waals surface area contributed by atoms with Crippen molar-refractivity contribution >= 4 is 12.0 Å². The number of nitrogens with zero attached hydrogens (tertiary/aromatic N) is 1. The molecule has 1 aliphatic heterocycles. The van der Waals surface area contributed by atoms with Gasteiger partial charge in [-0.3, -0.25) is 4.79 Å². The fourth-order valence-corrected chi connectivity index (χ4v) is 3.92. The fraction of sp³-hybridized carbons (Fsp3) is 0.875. The Morgan fingerprint density at radius 2 is 1.81 bits per heavy atom. The number of carbonyl (C=O) groups excluding carboxylic acids is 1. The van der Waals surface area contributed by atoms with E-state index in [1.54, 1.807) is 11.8 Å². The Hall–Kier alpha value is -1.26. The molecule has 5 heteroatoms. The molecule has 3 atom stereocenters. The lowest BCUT2D eigenvalue weighted by Crippen LogP contribution is -2.54. The Morgan fingerprint density at radius 1 is 1.19 bits per heavy atom. The smallest absolute Gasteiger partial charge is 0.317 e. The second kappa shape index (κ2) is 6.24. The Labute approximate surface area is 127 Å². The van der Waals surface area contributed by atoms with Crippen LogP contribution in [0.25, 0.3) is 0 Å². The molecule has 1 aliphatic carbocycles. The molecule has 120 valence electrons. The molecule has 2 amide bonds. The zero-order chi connectivity index (χ0) is 15.6. The van der Waals surface area contributed by atoms with Crippen LogP contribution in [0, 0.1) is 17.3 Å². The van der Waals surface area contributed by atoms with Crippen LogP contribution in [-0.4, -0.2) is 41.1 Å². The number of likely N-dealkylation sites (tertiary alicyclic amines) is 1. The minimum Gasteiger partial charge on any atom is -0.481 e. The molecule has 1 heterocycles. The van der Waals surface area contributed by atoms with Gasteiger partial charge in [-0.05, 0) is 50.9 Å². The van der Waals surface area contributed by atoms with Gasteiger partial charge < -0.3 is 15.3 Å². The van der Waals surface area contributed by atoms with Crippen molar-refractivity contribution in [3.05, 3.63) is 0 Å². The third-order valence-corrected chi connectivity index (χ3v) is 5.01. The third-order valence-electron chi connectivity index (χ3n) is 5.01. The Bertz CT molecular complexity index is 402.